The third kappa shape index (κ3) is 1.19. The van der Waals surface area contributed by atoms with Crippen molar-refractivity contribution in [3.63, 3.8) is 0 Å². The van der Waals surface area contributed by atoms with Gasteiger partial charge in [0.15, 0.2) is 0 Å². The van der Waals surface area contributed by atoms with Crippen LogP contribution in [0.15, 0.2) is 12.2 Å². The van der Waals surface area contributed by atoms with Gasteiger partial charge in [0.1, 0.15) is 18.3 Å². The molecule has 4 nitrogen and oxygen atoms in total. The summed E-state index contributed by atoms with van der Waals surface area (Å²) in [4.78, 5) is 0. The summed E-state index contributed by atoms with van der Waals surface area (Å²) in [5, 5.41) is 26.9. The Bertz CT molecular complexity index is 132. The second-order valence-corrected chi connectivity index (χ2v) is 2.43. The van der Waals surface area contributed by atoms with Crippen LogP contribution in [0, 0.1) is 0 Å². The summed E-state index contributed by atoms with van der Waals surface area (Å²) in [5.74, 6) is 0. The average molecular weight is 145 g/mol. The van der Waals surface area contributed by atoms with Gasteiger partial charge in [-0.1, -0.05) is 12.2 Å². The second-order valence-electron chi connectivity index (χ2n) is 2.43. The smallest absolute Gasteiger partial charge is 0.111 e. The third-order valence-electron chi connectivity index (χ3n) is 1.62. The van der Waals surface area contributed by atoms with Crippen molar-refractivity contribution in [3.05, 3.63) is 12.2 Å². The van der Waals surface area contributed by atoms with Gasteiger partial charge in [0.05, 0.1) is 6.04 Å². The normalized spacial score (nSPS) is 47.6. The quantitative estimate of drug-likeness (QED) is 0.296. The molecule has 5 N–H and O–H groups in total. The lowest BCUT2D eigenvalue weighted by Gasteiger charge is -2.28. The SMILES string of the molecule is N[C@H]1C=C[C@H](O)[C@H](O)[C@@H]1O. The predicted octanol–water partition coefficient (Wildman–Crippen LogP) is -2.03. The molecule has 4 atom stereocenters. The van der Waals surface area contributed by atoms with Crippen LogP contribution < -0.4 is 5.73 Å². The van der Waals surface area contributed by atoms with Crippen molar-refractivity contribution in [2.24, 2.45) is 5.73 Å². The van der Waals surface area contributed by atoms with E-state index in [4.69, 9.17) is 21.1 Å². The Labute approximate surface area is 58.6 Å². The van der Waals surface area contributed by atoms with Gasteiger partial charge in [-0.05, 0) is 0 Å². The molecule has 1 aliphatic rings. The van der Waals surface area contributed by atoms with E-state index in [1.807, 2.05) is 0 Å². The molecule has 0 aliphatic heterocycles. The lowest BCUT2D eigenvalue weighted by molar-refractivity contribution is -0.0518. The van der Waals surface area contributed by atoms with Gasteiger partial charge in [0.2, 0.25) is 0 Å². The highest BCUT2D eigenvalue weighted by atomic mass is 16.4. The van der Waals surface area contributed by atoms with E-state index in [9.17, 15) is 0 Å². The molecule has 58 valence electrons. The first kappa shape index (κ1) is 7.68. The second kappa shape index (κ2) is 2.67. The fourth-order valence-corrected chi connectivity index (χ4v) is 0.900. The molecule has 1 rings (SSSR count). The topological polar surface area (TPSA) is 86.7 Å². The summed E-state index contributed by atoms with van der Waals surface area (Å²) < 4.78 is 0. The maximum atomic E-state index is 9.03. The van der Waals surface area contributed by atoms with Crippen LogP contribution in [0.1, 0.15) is 0 Å². The summed E-state index contributed by atoms with van der Waals surface area (Å²) in [7, 11) is 0. The Morgan fingerprint density at radius 2 is 1.60 bits per heavy atom. The number of nitrogens with two attached hydrogens (primary N) is 1. The van der Waals surface area contributed by atoms with Crippen molar-refractivity contribution < 1.29 is 15.3 Å². The maximum absolute atomic E-state index is 9.03. The van der Waals surface area contributed by atoms with Crippen LogP contribution in [0.25, 0.3) is 0 Å². The number of aliphatic hydroxyl groups is 3. The molecular formula is C6H11NO3. The van der Waals surface area contributed by atoms with Crippen LogP contribution in [0.2, 0.25) is 0 Å². The molecule has 0 spiro atoms. The molecular weight excluding hydrogens is 134 g/mol. The minimum Gasteiger partial charge on any atom is -0.388 e. The first-order chi connectivity index (χ1) is 4.63. The van der Waals surface area contributed by atoms with Crippen molar-refractivity contribution in [2.45, 2.75) is 24.4 Å². The molecule has 0 saturated heterocycles. The van der Waals surface area contributed by atoms with Gasteiger partial charge >= 0.3 is 0 Å². The van der Waals surface area contributed by atoms with Gasteiger partial charge in [-0.25, -0.2) is 0 Å². The van der Waals surface area contributed by atoms with Crippen molar-refractivity contribution >= 4 is 0 Å². The first-order valence-electron chi connectivity index (χ1n) is 3.11. The largest absolute Gasteiger partial charge is 0.388 e. The van der Waals surface area contributed by atoms with E-state index in [2.05, 4.69) is 0 Å². The highest BCUT2D eigenvalue weighted by molar-refractivity contribution is 5.09. The van der Waals surface area contributed by atoms with Crippen molar-refractivity contribution in [1.29, 1.82) is 0 Å². The molecule has 0 amide bonds. The minimum atomic E-state index is -1.15. The standard InChI is InChI=1S/C6H11NO3/c7-3-1-2-4(8)6(10)5(3)9/h1-6,8-10H,7H2/t3-,4-,5+,6-/m0/s1. The van der Waals surface area contributed by atoms with E-state index in [0.717, 1.165) is 0 Å². The molecule has 0 bridgehead atoms. The van der Waals surface area contributed by atoms with Crippen molar-refractivity contribution in [3.8, 4) is 0 Å². The Kier molecular flexibility index (Phi) is 2.05. The Morgan fingerprint density at radius 3 is 2.10 bits per heavy atom. The highest BCUT2D eigenvalue weighted by Gasteiger charge is 2.30. The monoisotopic (exact) mass is 145 g/mol. The van der Waals surface area contributed by atoms with Gasteiger partial charge in [-0.3, -0.25) is 0 Å². The molecule has 0 aromatic heterocycles. The first-order valence-corrected chi connectivity index (χ1v) is 3.11. The van der Waals surface area contributed by atoms with E-state index in [-0.39, 0.29) is 0 Å². The number of rotatable bonds is 0. The molecule has 0 heterocycles. The molecule has 1 aliphatic carbocycles. The molecule has 0 aromatic rings. The third-order valence-corrected chi connectivity index (χ3v) is 1.62. The Hall–Kier alpha value is -0.420. The lowest BCUT2D eigenvalue weighted by atomic mass is 9.95. The van der Waals surface area contributed by atoms with Crippen LogP contribution in [0.4, 0.5) is 0 Å². The molecule has 0 saturated carbocycles. The summed E-state index contributed by atoms with van der Waals surface area (Å²) in [5.41, 5.74) is 5.32. The maximum Gasteiger partial charge on any atom is 0.111 e. The van der Waals surface area contributed by atoms with Crippen molar-refractivity contribution in [1.82, 2.24) is 0 Å². The fraction of sp³-hybridized carbons (Fsp3) is 0.667. The number of aliphatic hydroxyl groups excluding tert-OH is 3. The number of hydrogen-bond donors (Lipinski definition) is 4. The predicted molar refractivity (Wildman–Crippen MR) is 35.1 cm³/mol. The number of hydrogen-bond acceptors (Lipinski definition) is 4. The molecule has 4 heteroatoms. The molecule has 10 heavy (non-hydrogen) atoms. The zero-order valence-corrected chi connectivity index (χ0v) is 5.38. The summed E-state index contributed by atoms with van der Waals surface area (Å²) in [6, 6.07) is -0.571. The van der Waals surface area contributed by atoms with Crippen LogP contribution in [-0.2, 0) is 0 Å². The lowest BCUT2D eigenvalue weighted by Crippen LogP contribution is -2.49. The van der Waals surface area contributed by atoms with Crippen molar-refractivity contribution in [2.75, 3.05) is 0 Å². The van der Waals surface area contributed by atoms with Gasteiger partial charge in [0.25, 0.3) is 0 Å². The van der Waals surface area contributed by atoms with Gasteiger partial charge in [0, 0.05) is 0 Å². The molecule has 0 unspecified atom stereocenters. The molecule has 0 radical (unpaired) electrons. The van der Waals surface area contributed by atoms with E-state index in [0.29, 0.717) is 0 Å². The van der Waals surface area contributed by atoms with E-state index in [1.54, 1.807) is 0 Å². The van der Waals surface area contributed by atoms with Crippen LogP contribution in [0.3, 0.4) is 0 Å². The minimum absolute atomic E-state index is 0.571. The summed E-state index contributed by atoms with van der Waals surface area (Å²) in [6.07, 6.45) is -0.348. The van der Waals surface area contributed by atoms with Gasteiger partial charge in [-0.2, -0.15) is 0 Å². The fourth-order valence-electron chi connectivity index (χ4n) is 0.900. The van der Waals surface area contributed by atoms with Gasteiger partial charge < -0.3 is 21.1 Å². The highest BCUT2D eigenvalue weighted by Crippen LogP contribution is 2.11. The zero-order valence-electron chi connectivity index (χ0n) is 5.38. The van der Waals surface area contributed by atoms with Crippen LogP contribution in [0.5, 0.6) is 0 Å². The van der Waals surface area contributed by atoms with E-state index < -0.39 is 24.4 Å². The summed E-state index contributed by atoms with van der Waals surface area (Å²) in [6.45, 7) is 0. The zero-order chi connectivity index (χ0) is 7.72. The van der Waals surface area contributed by atoms with E-state index >= 15 is 0 Å². The average Bonchev–Trinajstić information content (AvgIpc) is 1.93. The Balaban J connectivity index is 2.69. The van der Waals surface area contributed by atoms with Crippen LogP contribution in [-0.4, -0.2) is 39.7 Å². The molecule has 0 fully saturated rings. The summed E-state index contributed by atoms with van der Waals surface area (Å²) >= 11 is 0. The van der Waals surface area contributed by atoms with E-state index in [1.165, 1.54) is 12.2 Å². The van der Waals surface area contributed by atoms with Gasteiger partial charge in [-0.15, -0.1) is 0 Å². The Morgan fingerprint density at radius 1 is 1.00 bits per heavy atom. The molecule has 0 aromatic carbocycles. The van der Waals surface area contributed by atoms with Crippen LogP contribution >= 0.6 is 0 Å².